The third-order valence-corrected chi connectivity index (χ3v) is 3.41. The van der Waals surface area contributed by atoms with Crippen molar-refractivity contribution < 1.29 is 4.79 Å². The van der Waals surface area contributed by atoms with Crippen LogP contribution in [0.2, 0.25) is 0 Å². The molecule has 98 valence electrons. The lowest BCUT2D eigenvalue weighted by Crippen LogP contribution is -2.31. The Bertz CT molecular complexity index is 625. The molecule has 1 fully saturated rings. The van der Waals surface area contributed by atoms with E-state index in [4.69, 9.17) is 0 Å². The molecule has 0 saturated heterocycles. The fraction of sp³-hybridized carbons (Fsp3) is 0.333. The van der Waals surface area contributed by atoms with E-state index in [9.17, 15) is 4.79 Å². The van der Waals surface area contributed by atoms with E-state index < -0.39 is 0 Å². The zero-order chi connectivity index (χ0) is 13.2. The number of hydrogen-bond donors (Lipinski definition) is 0. The van der Waals surface area contributed by atoms with Crippen molar-refractivity contribution in [1.82, 2.24) is 14.3 Å². The van der Waals surface area contributed by atoms with Gasteiger partial charge in [-0.1, -0.05) is 12.1 Å². The van der Waals surface area contributed by atoms with Crippen LogP contribution in [0.25, 0.3) is 5.65 Å². The lowest BCUT2D eigenvalue weighted by molar-refractivity contribution is -0.127. The summed E-state index contributed by atoms with van der Waals surface area (Å²) in [6.07, 6.45) is 9.50. The van der Waals surface area contributed by atoms with Crippen molar-refractivity contribution in [3.05, 3.63) is 48.4 Å². The van der Waals surface area contributed by atoms with Gasteiger partial charge in [-0.2, -0.15) is 0 Å². The summed E-state index contributed by atoms with van der Waals surface area (Å²) < 4.78 is 2.04. The van der Waals surface area contributed by atoms with Crippen molar-refractivity contribution in [2.24, 2.45) is 0 Å². The third kappa shape index (κ3) is 2.38. The fourth-order valence-electron chi connectivity index (χ4n) is 2.29. The third-order valence-electron chi connectivity index (χ3n) is 3.41. The Morgan fingerprint density at radius 1 is 1.53 bits per heavy atom. The number of carbonyl (C=O) groups excluding carboxylic acids is 1. The van der Waals surface area contributed by atoms with E-state index in [-0.39, 0.29) is 5.91 Å². The summed E-state index contributed by atoms with van der Waals surface area (Å²) in [4.78, 5) is 18.4. The van der Waals surface area contributed by atoms with Gasteiger partial charge in [-0.15, -0.1) is 0 Å². The highest BCUT2D eigenvalue weighted by Gasteiger charge is 2.31. The quantitative estimate of drug-likeness (QED) is 0.787. The van der Waals surface area contributed by atoms with Gasteiger partial charge in [0.05, 0.1) is 18.4 Å². The summed E-state index contributed by atoms with van der Waals surface area (Å²) >= 11 is 0. The highest BCUT2D eigenvalue weighted by molar-refractivity contribution is 5.88. The van der Waals surface area contributed by atoms with E-state index in [1.807, 2.05) is 46.8 Å². The smallest absolute Gasteiger partial charge is 0.246 e. The van der Waals surface area contributed by atoms with Crippen molar-refractivity contribution in [2.45, 2.75) is 32.4 Å². The molecular formula is C15H17N3O. The average molecular weight is 255 g/mol. The predicted molar refractivity (Wildman–Crippen MR) is 73.6 cm³/mol. The Hall–Kier alpha value is -2.10. The summed E-state index contributed by atoms with van der Waals surface area (Å²) in [6, 6.07) is 6.32. The Morgan fingerprint density at radius 2 is 2.37 bits per heavy atom. The number of pyridine rings is 1. The summed E-state index contributed by atoms with van der Waals surface area (Å²) in [5, 5.41) is 0. The van der Waals surface area contributed by atoms with Crippen molar-refractivity contribution in [1.29, 1.82) is 0 Å². The van der Waals surface area contributed by atoms with Gasteiger partial charge in [0.1, 0.15) is 5.65 Å². The SMILES string of the molecule is C/C=C/C(=O)N(Cc1cnc2ccccn12)C1CC1. The Kier molecular flexibility index (Phi) is 3.07. The zero-order valence-corrected chi connectivity index (χ0v) is 11.0. The van der Waals surface area contributed by atoms with Gasteiger partial charge in [0.15, 0.2) is 0 Å². The first kappa shape index (κ1) is 12.0. The van der Waals surface area contributed by atoms with Crippen LogP contribution in [0.1, 0.15) is 25.5 Å². The molecule has 1 aliphatic rings. The van der Waals surface area contributed by atoms with Crippen LogP contribution in [0, 0.1) is 0 Å². The van der Waals surface area contributed by atoms with E-state index >= 15 is 0 Å². The highest BCUT2D eigenvalue weighted by Crippen LogP contribution is 2.28. The molecule has 3 rings (SSSR count). The number of nitrogens with zero attached hydrogens (tertiary/aromatic N) is 3. The molecule has 0 aromatic carbocycles. The lowest BCUT2D eigenvalue weighted by Gasteiger charge is -2.20. The molecule has 0 N–H and O–H groups in total. The number of hydrogen-bond acceptors (Lipinski definition) is 2. The van der Waals surface area contributed by atoms with Crippen LogP contribution in [0.5, 0.6) is 0 Å². The first-order valence-corrected chi connectivity index (χ1v) is 6.64. The number of rotatable bonds is 4. The number of carbonyl (C=O) groups is 1. The van der Waals surface area contributed by atoms with Gasteiger partial charge in [-0.05, 0) is 38.0 Å². The second-order valence-corrected chi connectivity index (χ2v) is 4.88. The van der Waals surface area contributed by atoms with Crippen molar-refractivity contribution >= 4 is 11.6 Å². The number of aromatic nitrogens is 2. The standard InChI is InChI=1S/C15H17N3O/c1-2-5-15(19)18(12-7-8-12)11-13-10-16-14-6-3-4-9-17(13)14/h2-6,9-10,12H,7-8,11H2,1H3/b5-2+. The Morgan fingerprint density at radius 3 is 3.11 bits per heavy atom. The molecule has 0 aliphatic heterocycles. The molecule has 0 unspecified atom stereocenters. The first-order valence-electron chi connectivity index (χ1n) is 6.64. The van der Waals surface area contributed by atoms with Gasteiger partial charge in [-0.3, -0.25) is 4.79 Å². The Labute approximate surface area is 112 Å². The molecule has 0 atom stereocenters. The molecule has 0 radical (unpaired) electrons. The van der Waals surface area contributed by atoms with Crippen molar-refractivity contribution in [3.63, 3.8) is 0 Å². The molecule has 1 aliphatic carbocycles. The number of allylic oxidation sites excluding steroid dienone is 1. The van der Waals surface area contributed by atoms with Crippen LogP contribution in [0.3, 0.4) is 0 Å². The summed E-state index contributed by atoms with van der Waals surface area (Å²) in [5.41, 5.74) is 1.98. The van der Waals surface area contributed by atoms with Crippen LogP contribution >= 0.6 is 0 Å². The van der Waals surface area contributed by atoms with E-state index in [0.717, 1.165) is 24.2 Å². The maximum absolute atomic E-state index is 12.1. The molecule has 2 aromatic rings. The highest BCUT2D eigenvalue weighted by atomic mass is 16.2. The van der Waals surface area contributed by atoms with E-state index in [1.165, 1.54) is 0 Å². The van der Waals surface area contributed by atoms with Gasteiger partial charge in [0.25, 0.3) is 0 Å². The lowest BCUT2D eigenvalue weighted by atomic mass is 10.3. The van der Waals surface area contributed by atoms with E-state index in [1.54, 1.807) is 12.2 Å². The first-order chi connectivity index (χ1) is 9.29. The summed E-state index contributed by atoms with van der Waals surface area (Å²) in [5.74, 6) is 0.0934. The molecule has 2 aromatic heterocycles. The van der Waals surface area contributed by atoms with Gasteiger partial charge >= 0.3 is 0 Å². The largest absolute Gasteiger partial charge is 0.330 e. The minimum absolute atomic E-state index is 0.0934. The van der Waals surface area contributed by atoms with Gasteiger partial charge in [0.2, 0.25) is 5.91 Å². The maximum Gasteiger partial charge on any atom is 0.246 e. The second-order valence-electron chi connectivity index (χ2n) is 4.88. The molecule has 1 amide bonds. The van der Waals surface area contributed by atoms with Crippen LogP contribution in [0.4, 0.5) is 0 Å². The molecule has 0 spiro atoms. The molecule has 1 saturated carbocycles. The fourth-order valence-corrected chi connectivity index (χ4v) is 2.29. The maximum atomic E-state index is 12.1. The van der Waals surface area contributed by atoms with Crippen LogP contribution in [0.15, 0.2) is 42.7 Å². The van der Waals surface area contributed by atoms with Gasteiger partial charge in [0, 0.05) is 12.2 Å². The summed E-state index contributed by atoms with van der Waals surface area (Å²) in [7, 11) is 0. The molecule has 19 heavy (non-hydrogen) atoms. The number of fused-ring (bicyclic) bond motifs is 1. The molecule has 4 heteroatoms. The van der Waals surface area contributed by atoms with Crippen molar-refractivity contribution in [2.75, 3.05) is 0 Å². The number of imidazole rings is 1. The normalized spacial score (nSPS) is 15.2. The summed E-state index contributed by atoms with van der Waals surface area (Å²) in [6.45, 7) is 2.50. The monoisotopic (exact) mass is 255 g/mol. The molecule has 4 nitrogen and oxygen atoms in total. The Balaban J connectivity index is 1.87. The van der Waals surface area contributed by atoms with Gasteiger partial charge in [-0.25, -0.2) is 4.98 Å². The minimum atomic E-state index is 0.0934. The number of amides is 1. The topological polar surface area (TPSA) is 37.6 Å². The average Bonchev–Trinajstić information content (AvgIpc) is 3.18. The zero-order valence-electron chi connectivity index (χ0n) is 11.0. The van der Waals surface area contributed by atoms with Crippen LogP contribution in [-0.2, 0) is 11.3 Å². The molecule has 0 bridgehead atoms. The van der Waals surface area contributed by atoms with Gasteiger partial charge < -0.3 is 9.30 Å². The minimum Gasteiger partial charge on any atom is -0.330 e. The predicted octanol–water partition coefficient (Wildman–Crippen LogP) is 2.40. The molecule has 2 heterocycles. The second kappa shape index (κ2) is 4.88. The van der Waals surface area contributed by atoms with E-state index in [2.05, 4.69) is 4.98 Å². The van der Waals surface area contributed by atoms with E-state index in [0.29, 0.717) is 12.6 Å². The molecular weight excluding hydrogens is 238 g/mol. The van der Waals surface area contributed by atoms with Crippen molar-refractivity contribution in [3.8, 4) is 0 Å². The van der Waals surface area contributed by atoms with Crippen LogP contribution < -0.4 is 0 Å². The van der Waals surface area contributed by atoms with Crippen LogP contribution in [-0.4, -0.2) is 26.2 Å².